The zero-order chi connectivity index (χ0) is 11.3. The van der Waals surface area contributed by atoms with E-state index in [1.165, 1.54) is 5.56 Å². The summed E-state index contributed by atoms with van der Waals surface area (Å²) >= 11 is 0. The molecule has 1 atom stereocenters. The molecule has 0 aliphatic rings. The fourth-order valence-electron chi connectivity index (χ4n) is 1.73. The van der Waals surface area contributed by atoms with E-state index in [-0.39, 0.29) is 6.54 Å². The van der Waals surface area contributed by atoms with Gasteiger partial charge in [0.15, 0.2) is 0 Å². The van der Waals surface area contributed by atoms with Crippen molar-refractivity contribution in [2.24, 2.45) is 5.73 Å². The maximum atomic E-state index is 14.2. The van der Waals surface area contributed by atoms with Crippen molar-refractivity contribution in [3.05, 3.63) is 35.4 Å². The maximum Gasteiger partial charge on any atom is 0.147 e. The summed E-state index contributed by atoms with van der Waals surface area (Å²) < 4.78 is 14.2. The molecule has 0 aliphatic carbocycles. The molecule has 1 aromatic rings. The zero-order valence-electron chi connectivity index (χ0n) is 9.59. The standard InChI is InChI=1S/C13H20FN/c1-3-5-11-6-8-12(9-7-11)13(14,4-2)10-15/h6-9H,3-5,10,15H2,1-2H3. The first-order chi connectivity index (χ1) is 7.16. The molecule has 1 aromatic carbocycles. The minimum absolute atomic E-state index is 0.0522. The van der Waals surface area contributed by atoms with Crippen molar-refractivity contribution in [1.82, 2.24) is 0 Å². The number of hydrogen-bond donors (Lipinski definition) is 1. The molecular formula is C13H20FN. The number of rotatable bonds is 5. The number of benzene rings is 1. The van der Waals surface area contributed by atoms with Gasteiger partial charge in [-0.1, -0.05) is 44.5 Å². The Balaban J connectivity index is 2.87. The Bertz CT molecular complexity index is 288. The molecule has 15 heavy (non-hydrogen) atoms. The number of nitrogens with two attached hydrogens (primary N) is 1. The molecule has 1 rings (SSSR count). The number of alkyl halides is 1. The monoisotopic (exact) mass is 209 g/mol. The average molecular weight is 209 g/mol. The number of halogens is 1. The summed E-state index contributed by atoms with van der Waals surface area (Å²) in [5.41, 5.74) is 6.08. The van der Waals surface area contributed by atoms with E-state index >= 15 is 0 Å². The van der Waals surface area contributed by atoms with Gasteiger partial charge < -0.3 is 5.73 Å². The van der Waals surface area contributed by atoms with Crippen molar-refractivity contribution in [3.8, 4) is 0 Å². The Morgan fingerprint density at radius 2 is 1.80 bits per heavy atom. The molecule has 2 heteroatoms. The molecule has 0 spiro atoms. The third-order valence-corrected chi connectivity index (χ3v) is 2.89. The Kier molecular flexibility index (Phi) is 4.28. The highest BCUT2D eigenvalue weighted by atomic mass is 19.1. The van der Waals surface area contributed by atoms with Crippen molar-refractivity contribution in [2.45, 2.75) is 38.8 Å². The lowest BCUT2D eigenvalue weighted by Crippen LogP contribution is -2.29. The molecule has 0 aromatic heterocycles. The Labute approximate surface area is 91.5 Å². The summed E-state index contributed by atoms with van der Waals surface area (Å²) in [4.78, 5) is 0. The molecule has 0 saturated heterocycles. The first-order valence-electron chi connectivity index (χ1n) is 5.64. The van der Waals surface area contributed by atoms with Gasteiger partial charge in [-0.25, -0.2) is 4.39 Å². The second kappa shape index (κ2) is 5.26. The molecule has 0 bridgehead atoms. The average Bonchev–Trinajstić information content (AvgIpc) is 2.29. The van der Waals surface area contributed by atoms with E-state index in [0.29, 0.717) is 12.0 Å². The molecule has 0 fully saturated rings. The predicted molar refractivity (Wildman–Crippen MR) is 62.6 cm³/mol. The number of aryl methyl sites for hydroxylation is 1. The smallest absolute Gasteiger partial charge is 0.147 e. The zero-order valence-corrected chi connectivity index (χ0v) is 9.59. The molecule has 84 valence electrons. The van der Waals surface area contributed by atoms with Crippen LogP contribution in [-0.4, -0.2) is 6.54 Å². The SMILES string of the molecule is CCCc1ccc(C(F)(CC)CN)cc1. The lowest BCUT2D eigenvalue weighted by atomic mass is 9.92. The first-order valence-corrected chi connectivity index (χ1v) is 5.64. The van der Waals surface area contributed by atoms with E-state index in [1.54, 1.807) is 0 Å². The van der Waals surface area contributed by atoms with Crippen LogP contribution in [0.2, 0.25) is 0 Å². The molecule has 1 nitrogen and oxygen atoms in total. The van der Waals surface area contributed by atoms with E-state index < -0.39 is 5.67 Å². The quantitative estimate of drug-likeness (QED) is 0.792. The number of hydrogen-bond acceptors (Lipinski definition) is 1. The maximum absolute atomic E-state index is 14.2. The van der Waals surface area contributed by atoms with Gasteiger partial charge in [-0.05, 0) is 24.0 Å². The van der Waals surface area contributed by atoms with Gasteiger partial charge in [-0.15, -0.1) is 0 Å². The van der Waals surface area contributed by atoms with Gasteiger partial charge in [0.25, 0.3) is 0 Å². The summed E-state index contributed by atoms with van der Waals surface area (Å²) in [6.07, 6.45) is 2.59. The lowest BCUT2D eigenvalue weighted by Gasteiger charge is -2.22. The third kappa shape index (κ3) is 2.78. The second-order valence-electron chi connectivity index (χ2n) is 3.97. The van der Waals surface area contributed by atoms with Crippen molar-refractivity contribution < 1.29 is 4.39 Å². The van der Waals surface area contributed by atoms with E-state index in [9.17, 15) is 4.39 Å². The topological polar surface area (TPSA) is 26.0 Å². The highest BCUT2D eigenvalue weighted by molar-refractivity contribution is 5.27. The highest BCUT2D eigenvalue weighted by Crippen LogP contribution is 2.28. The largest absolute Gasteiger partial charge is 0.327 e. The van der Waals surface area contributed by atoms with Gasteiger partial charge in [0, 0.05) is 6.54 Å². The highest BCUT2D eigenvalue weighted by Gasteiger charge is 2.27. The van der Waals surface area contributed by atoms with Crippen LogP contribution >= 0.6 is 0 Å². The van der Waals surface area contributed by atoms with E-state index in [1.807, 2.05) is 31.2 Å². The summed E-state index contributed by atoms with van der Waals surface area (Å²) in [7, 11) is 0. The van der Waals surface area contributed by atoms with Crippen LogP contribution in [0, 0.1) is 0 Å². The van der Waals surface area contributed by atoms with Crippen LogP contribution in [-0.2, 0) is 12.1 Å². The minimum Gasteiger partial charge on any atom is -0.327 e. The van der Waals surface area contributed by atoms with Gasteiger partial charge in [-0.3, -0.25) is 0 Å². The van der Waals surface area contributed by atoms with Crippen molar-refractivity contribution in [3.63, 3.8) is 0 Å². The molecule has 2 N–H and O–H groups in total. The fraction of sp³-hybridized carbons (Fsp3) is 0.538. The molecule has 0 amide bonds. The van der Waals surface area contributed by atoms with Crippen molar-refractivity contribution >= 4 is 0 Å². The Morgan fingerprint density at radius 1 is 1.20 bits per heavy atom. The van der Waals surface area contributed by atoms with Crippen LogP contribution in [0.1, 0.15) is 37.8 Å². The first kappa shape index (κ1) is 12.2. The van der Waals surface area contributed by atoms with Crippen LogP contribution in [0.4, 0.5) is 4.39 Å². The van der Waals surface area contributed by atoms with Gasteiger partial charge in [0.1, 0.15) is 5.67 Å². The molecule has 1 unspecified atom stereocenters. The third-order valence-electron chi connectivity index (χ3n) is 2.89. The van der Waals surface area contributed by atoms with Gasteiger partial charge in [0.05, 0.1) is 0 Å². The summed E-state index contributed by atoms with van der Waals surface area (Å²) in [6, 6.07) is 7.72. The normalized spacial score (nSPS) is 14.9. The van der Waals surface area contributed by atoms with Crippen LogP contribution in [0.5, 0.6) is 0 Å². The lowest BCUT2D eigenvalue weighted by molar-refractivity contribution is 0.169. The van der Waals surface area contributed by atoms with Gasteiger partial charge >= 0.3 is 0 Å². The minimum atomic E-state index is -1.36. The van der Waals surface area contributed by atoms with Crippen molar-refractivity contribution in [1.29, 1.82) is 0 Å². The van der Waals surface area contributed by atoms with E-state index in [2.05, 4.69) is 6.92 Å². The van der Waals surface area contributed by atoms with Gasteiger partial charge in [0.2, 0.25) is 0 Å². The summed E-state index contributed by atoms with van der Waals surface area (Å²) in [6.45, 7) is 4.02. The Hall–Kier alpha value is -0.890. The summed E-state index contributed by atoms with van der Waals surface area (Å²) in [5, 5.41) is 0. The Morgan fingerprint density at radius 3 is 2.20 bits per heavy atom. The second-order valence-corrected chi connectivity index (χ2v) is 3.97. The van der Waals surface area contributed by atoms with E-state index in [4.69, 9.17) is 5.73 Å². The van der Waals surface area contributed by atoms with E-state index in [0.717, 1.165) is 12.8 Å². The predicted octanol–water partition coefficient (Wildman–Crippen LogP) is 3.17. The molecule has 0 aliphatic heterocycles. The van der Waals surface area contributed by atoms with Crippen LogP contribution in [0.3, 0.4) is 0 Å². The summed E-state index contributed by atoms with van der Waals surface area (Å²) in [5.74, 6) is 0. The van der Waals surface area contributed by atoms with Crippen LogP contribution in [0.15, 0.2) is 24.3 Å². The van der Waals surface area contributed by atoms with Gasteiger partial charge in [-0.2, -0.15) is 0 Å². The molecule has 0 saturated carbocycles. The molecule has 0 heterocycles. The van der Waals surface area contributed by atoms with Crippen LogP contribution in [0.25, 0.3) is 0 Å². The molecule has 0 radical (unpaired) electrons. The van der Waals surface area contributed by atoms with Crippen molar-refractivity contribution in [2.75, 3.05) is 6.54 Å². The molecular weight excluding hydrogens is 189 g/mol. The fourth-order valence-corrected chi connectivity index (χ4v) is 1.73. The van der Waals surface area contributed by atoms with Crippen LogP contribution < -0.4 is 5.73 Å².